The second-order valence-corrected chi connectivity index (χ2v) is 8.25. The summed E-state index contributed by atoms with van der Waals surface area (Å²) in [5.74, 6) is -0.883. The summed E-state index contributed by atoms with van der Waals surface area (Å²) >= 11 is 1.10. The highest BCUT2D eigenvalue weighted by Crippen LogP contribution is 2.09. The number of thiazole rings is 1. The number of esters is 1. The quantitative estimate of drug-likeness (QED) is 0.267. The molecule has 34 heavy (non-hydrogen) atoms. The molecule has 1 heterocycles. The summed E-state index contributed by atoms with van der Waals surface area (Å²) in [4.78, 5) is 38.0. The van der Waals surface area contributed by atoms with Gasteiger partial charge in [-0.15, -0.1) is 11.3 Å². The number of methoxy groups -OCH3 is 1. The molecule has 1 aromatic heterocycles. The van der Waals surface area contributed by atoms with Crippen LogP contribution < -0.4 is 14.8 Å². The van der Waals surface area contributed by atoms with Crippen LogP contribution in [0, 0.1) is 11.3 Å². The van der Waals surface area contributed by atoms with E-state index < -0.39 is 11.8 Å². The second-order valence-electron chi connectivity index (χ2n) is 7.22. The largest absolute Gasteiger partial charge is 0.465 e. The van der Waals surface area contributed by atoms with Crippen LogP contribution in [0.4, 0.5) is 0 Å². The van der Waals surface area contributed by atoms with Gasteiger partial charge in [-0.3, -0.25) is 14.2 Å². The van der Waals surface area contributed by atoms with Crippen molar-refractivity contribution in [1.29, 1.82) is 5.26 Å². The number of carbonyl (C=O) groups excluding carboxylic acids is 2. The van der Waals surface area contributed by atoms with Crippen LogP contribution in [0.3, 0.4) is 0 Å². The third kappa shape index (κ3) is 5.76. The lowest BCUT2D eigenvalue weighted by molar-refractivity contribution is 0.0600. The van der Waals surface area contributed by atoms with Gasteiger partial charge in [0.25, 0.3) is 5.56 Å². The molecule has 174 valence electrons. The van der Waals surface area contributed by atoms with Crippen LogP contribution in [0.1, 0.15) is 39.6 Å². The van der Waals surface area contributed by atoms with Crippen LogP contribution in [0.15, 0.2) is 59.4 Å². The number of ether oxygens (including phenoxy) is 2. The summed E-state index contributed by atoms with van der Waals surface area (Å²) in [5, 5.41) is 9.85. The number of rotatable bonds is 9. The van der Waals surface area contributed by atoms with Gasteiger partial charge in [-0.2, -0.15) is 5.26 Å². The van der Waals surface area contributed by atoms with E-state index in [0.717, 1.165) is 11.3 Å². The number of hydrogen-bond acceptors (Lipinski definition) is 7. The average Bonchev–Trinajstić information content (AvgIpc) is 3.17. The summed E-state index contributed by atoms with van der Waals surface area (Å²) in [6.07, 6.45) is 2.24. The third-order valence-electron chi connectivity index (χ3n) is 5.00. The highest BCUT2D eigenvalue weighted by Gasteiger charge is 2.17. The first-order valence-corrected chi connectivity index (χ1v) is 11.5. The van der Waals surface area contributed by atoms with Gasteiger partial charge in [0, 0.05) is 25.3 Å². The van der Waals surface area contributed by atoms with E-state index in [0.29, 0.717) is 52.1 Å². The van der Waals surface area contributed by atoms with Crippen LogP contribution in [-0.2, 0) is 16.0 Å². The minimum absolute atomic E-state index is 0.0783. The molecular formula is C26H24N2O5S. The summed E-state index contributed by atoms with van der Waals surface area (Å²) in [5.41, 5.74) is 1.11. The fourth-order valence-electron chi connectivity index (χ4n) is 3.29. The van der Waals surface area contributed by atoms with Crippen molar-refractivity contribution < 1.29 is 19.1 Å². The van der Waals surface area contributed by atoms with Crippen LogP contribution >= 0.6 is 11.3 Å². The molecule has 0 saturated heterocycles. The number of aromatic nitrogens is 1. The van der Waals surface area contributed by atoms with Crippen molar-refractivity contribution in [2.45, 2.75) is 19.9 Å². The Morgan fingerprint density at radius 1 is 1.09 bits per heavy atom. The van der Waals surface area contributed by atoms with Gasteiger partial charge in [-0.05, 0) is 37.1 Å². The Bertz CT molecular complexity index is 1380. The van der Waals surface area contributed by atoms with Crippen LogP contribution in [0.2, 0.25) is 0 Å². The molecular weight excluding hydrogens is 452 g/mol. The standard InChI is InChI=1S/C26H24N2O5S/c1-3-33-15-7-14-28-24(30)22(16-18-10-12-20(13-11-18)26(31)32-2)34-25(28)21(17-27)23(29)19-8-5-4-6-9-19/h4-6,8-13,16H,3,7,14-15H2,1-2H3. The zero-order valence-corrected chi connectivity index (χ0v) is 19.8. The number of hydrogen-bond donors (Lipinski definition) is 0. The van der Waals surface area contributed by atoms with Crippen molar-refractivity contribution in [2.24, 2.45) is 0 Å². The maximum atomic E-state index is 13.3. The molecule has 0 spiro atoms. The van der Waals surface area contributed by atoms with Crippen LogP contribution in [-0.4, -0.2) is 36.6 Å². The molecule has 0 amide bonds. The Balaban J connectivity index is 2.14. The van der Waals surface area contributed by atoms with E-state index in [1.165, 1.54) is 11.7 Å². The molecule has 0 fully saturated rings. The lowest BCUT2D eigenvalue weighted by Gasteiger charge is -2.04. The Morgan fingerprint density at radius 2 is 1.79 bits per heavy atom. The van der Waals surface area contributed by atoms with Crippen molar-refractivity contribution >= 4 is 34.7 Å². The lowest BCUT2D eigenvalue weighted by Crippen LogP contribution is -2.33. The van der Waals surface area contributed by atoms with Crippen molar-refractivity contribution in [3.8, 4) is 6.07 Å². The predicted octanol–water partition coefficient (Wildman–Crippen LogP) is 2.51. The molecule has 2 aromatic carbocycles. The van der Waals surface area contributed by atoms with Gasteiger partial charge in [0.05, 0.1) is 17.2 Å². The summed E-state index contributed by atoms with van der Waals surface area (Å²) in [6, 6.07) is 17.2. The Kier molecular flexibility index (Phi) is 8.68. The molecule has 0 aliphatic heterocycles. The van der Waals surface area contributed by atoms with E-state index in [2.05, 4.69) is 0 Å². The molecule has 0 aliphatic rings. The normalized spacial score (nSPS) is 12.2. The van der Waals surface area contributed by atoms with Crippen LogP contribution in [0.25, 0.3) is 11.6 Å². The second kappa shape index (κ2) is 11.9. The first-order chi connectivity index (χ1) is 16.5. The smallest absolute Gasteiger partial charge is 0.337 e. The minimum atomic E-state index is -0.450. The molecule has 8 heteroatoms. The monoisotopic (exact) mass is 476 g/mol. The maximum absolute atomic E-state index is 13.3. The summed E-state index contributed by atoms with van der Waals surface area (Å²) < 4.78 is 12.3. The molecule has 0 saturated carbocycles. The lowest BCUT2D eigenvalue weighted by atomic mass is 10.1. The molecule has 0 unspecified atom stereocenters. The molecule has 0 aliphatic carbocycles. The zero-order valence-electron chi connectivity index (χ0n) is 18.9. The molecule has 0 N–H and O–H groups in total. The maximum Gasteiger partial charge on any atom is 0.337 e. The number of ketones is 1. The number of nitriles is 1. The minimum Gasteiger partial charge on any atom is -0.465 e. The SMILES string of the molecule is CCOCCCn1c(=C(C#N)C(=O)c2ccccc2)sc(=Cc2ccc(C(=O)OC)cc2)c1=O. The van der Waals surface area contributed by atoms with E-state index in [1.54, 1.807) is 60.7 Å². The van der Waals surface area contributed by atoms with Crippen LogP contribution in [0.5, 0.6) is 0 Å². The molecule has 0 radical (unpaired) electrons. The van der Waals surface area contributed by atoms with E-state index in [9.17, 15) is 19.6 Å². The van der Waals surface area contributed by atoms with E-state index in [4.69, 9.17) is 9.47 Å². The Morgan fingerprint density at radius 3 is 2.41 bits per heavy atom. The van der Waals surface area contributed by atoms with Crippen molar-refractivity contribution in [3.05, 3.63) is 90.8 Å². The molecule has 7 nitrogen and oxygen atoms in total. The predicted molar refractivity (Wildman–Crippen MR) is 130 cm³/mol. The Labute approximate surface area is 200 Å². The number of Topliss-reactive ketones (excluding diaryl/α,β-unsaturated/α-hetero) is 1. The zero-order chi connectivity index (χ0) is 24.5. The number of nitrogens with zero attached hydrogens (tertiary/aromatic N) is 2. The molecule has 0 bridgehead atoms. The summed E-state index contributed by atoms with van der Waals surface area (Å²) in [7, 11) is 1.31. The highest BCUT2D eigenvalue weighted by atomic mass is 32.1. The number of benzene rings is 2. The molecule has 0 atom stereocenters. The van der Waals surface area contributed by atoms with Gasteiger partial charge in [0.2, 0.25) is 5.78 Å². The van der Waals surface area contributed by atoms with Crippen molar-refractivity contribution in [1.82, 2.24) is 4.57 Å². The number of carbonyl (C=O) groups is 2. The summed E-state index contributed by atoms with van der Waals surface area (Å²) in [6.45, 7) is 3.22. The van der Waals surface area contributed by atoms with Crippen molar-refractivity contribution in [2.75, 3.05) is 20.3 Å². The third-order valence-corrected chi connectivity index (χ3v) is 6.13. The van der Waals surface area contributed by atoms with Gasteiger partial charge < -0.3 is 9.47 Å². The molecule has 3 rings (SSSR count). The fraction of sp³-hybridized carbons (Fsp3) is 0.231. The van der Waals surface area contributed by atoms with Gasteiger partial charge in [-0.1, -0.05) is 42.5 Å². The Hall–Kier alpha value is -3.80. The average molecular weight is 477 g/mol. The van der Waals surface area contributed by atoms with Crippen molar-refractivity contribution in [3.63, 3.8) is 0 Å². The first kappa shape index (κ1) is 24.8. The topological polar surface area (TPSA) is 98.4 Å². The van der Waals surface area contributed by atoms with Gasteiger partial charge in [0.1, 0.15) is 16.3 Å². The van der Waals surface area contributed by atoms with E-state index in [1.807, 2.05) is 13.0 Å². The van der Waals surface area contributed by atoms with Gasteiger partial charge in [-0.25, -0.2) is 4.79 Å². The first-order valence-electron chi connectivity index (χ1n) is 10.7. The van der Waals surface area contributed by atoms with E-state index in [-0.39, 0.29) is 11.1 Å². The highest BCUT2D eigenvalue weighted by molar-refractivity contribution is 7.07. The van der Waals surface area contributed by atoms with Gasteiger partial charge >= 0.3 is 5.97 Å². The van der Waals surface area contributed by atoms with E-state index >= 15 is 0 Å². The molecule has 3 aromatic rings. The van der Waals surface area contributed by atoms with Gasteiger partial charge in [0.15, 0.2) is 0 Å². The fourth-order valence-corrected chi connectivity index (χ4v) is 4.42.